The highest BCUT2D eigenvalue weighted by molar-refractivity contribution is 9.10. The SMILES string of the molecule is O=C(O)c1cc(S(=O)(=O)NCC2CCCO2)ccc1Br. The second-order valence-electron chi connectivity index (χ2n) is 4.43. The molecular weight excluding hydrogens is 350 g/mol. The largest absolute Gasteiger partial charge is 0.478 e. The fourth-order valence-corrected chi connectivity index (χ4v) is 3.44. The summed E-state index contributed by atoms with van der Waals surface area (Å²) >= 11 is 3.07. The quantitative estimate of drug-likeness (QED) is 0.828. The third-order valence-corrected chi connectivity index (χ3v) is 5.12. The number of carbonyl (C=O) groups is 1. The van der Waals surface area contributed by atoms with Crippen LogP contribution in [0.3, 0.4) is 0 Å². The number of nitrogens with one attached hydrogen (secondary N) is 1. The first-order valence-electron chi connectivity index (χ1n) is 6.04. The molecule has 0 spiro atoms. The Morgan fingerprint density at radius 2 is 2.25 bits per heavy atom. The summed E-state index contributed by atoms with van der Waals surface area (Å²) in [6.45, 7) is 0.842. The number of ether oxygens (including phenoxy) is 1. The fourth-order valence-electron chi connectivity index (χ4n) is 1.93. The summed E-state index contributed by atoms with van der Waals surface area (Å²) in [6, 6.07) is 3.89. The van der Waals surface area contributed by atoms with E-state index < -0.39 is 16.0 Å². The normalized spacial score (nSPS) is 19.1. The second-order valence-corrected chi connectivity index (χ2v) is 7.06. The number of aromatic carboxylic acids is 1. The van der Waals surface area contributed by atoms with E-state index in [1.54, 1.807) is 0 Å². The van der Waals surface area contributed by atoms with Crippen LogP contribution < -0.4 is 4.72 Å². The van der Waals surface area contributed by atoms with Crippen LogP contribution in [0.2, 0.25) is 0 Å². The number of sulfonamides is 1. The zero-order chi connectivity index (χ0) is 14.8. The van der Waals surface area contributed by atoms with Gasteiger partial charge < -0.3 is 9.84 Å². The molecule has 8 heteroatoms. The highest BCUT2D eigenvalue weighted by atomic mass is 79.9. The molecule has 1 aromatic rings. The van der Waals surface area contributed by atoms with E-state index in [9.17, 15) is 13.2 Å². The van der Waals surface area contributed by atoms with Crippen molar-refractivity contribution in [2.24, 2.45) is 0 Å². The molecule has 2 N–H and O–H groups in total. The lowest BCUT2D eigenvalue weighted by molar-refractivity contribution is 0.0695. The molecular formula is C12H14BrNO5S. The van der Waals surface area contributed by atoms with E-state index in [4.69, 9.17) is 9.84 Å². The van der Waals surface area contributed by atoms with Gasteiger partial charge in [0.2, 0.25) is 10.0 Å². The third kappa shape index (κ3) is 3.57. The molecule has 2 rings (SSSR count). The number of hydrogen-bond donors (Lipinski definition) is 2. The summed E-state index contributed by atoms with van der Waals surface area (Å²) in [5.74, 6) is -1.19. The van der Waals surface area contributed by atoms with Crippen molar-refractivity contribution in [1.82, 2.24) is 4.72 Å². The minimum Gasteiger partial charge on any atom is -0.478 e. The highest BCUT2D eigenvalue weighted by Crippen LogP contribution is 2.21. The van der Waals surface area contributed by atoms with Crippen molar-refractivity contribution in [3.8, 4) is 0 Å². The molecule has 6 nitrogen and oxygen atoms in total. The van der Waals surface area contributed by atoms with E-state index in [0.29, 0.717) is 11.1 Å². The summed E-state index contributed by atoms with van der Waals surface area (Å²) in [7, 11) is -3.73. The summed E-state index contributed by atoms with van der Waals surface area (Å²) < 4.78 is 32.3. The summed E-state index contributed by atoms with van der Waals surface area (Å²) in [5, 5.41) is 8.99. The summed E-state index contributed by atoms with van der Waals surface area (Å²) in [4.78, 5) is 10.9. The van der Waals surface area contributed by atoms with Gasteiger partial charge in [-0.3, -0.25) is 0 Å². The van der Waals surface area contributed by atoms with Gasteiger partial charge in [-0.1, -0.05) is 0 Å². The zero-order valence-electron chi connectivity index (χ0n) is 10.5. The monoisotopic (exact) mass is 363 g/mol. The van der Waals surface area contributed by atoms with Gasteiger partial charge in [0.05, 0.1) is 16.6 Å². The smallest absolute Gasteiger partial charge is 0.336 e. The summed E-state index contributed by atoms with van der Waals surface area (Å²) in [5.41, 5.74) is -0.0926. The van der Waals surface area contributed by atoms with E-state index in [1.165, 1.54) is 12.1 Å². The molecule has 1 unspecified atom stereocenters. The van der Waals surface area contributed by atoms with Gasteiger partial charge in [-0.25, -0.2) is 17.9 Å². The number of benzene rings is 1. The molecule has 0 bridgehead atoms. The maximum absolute atomic E-state index is 12.1. The molecule has 0 aromatic heterocycles. The molecule has 1 fully saturated rings. The number of carboxylic acids is 1. The Morgan fingerprint density at radius 3 is 2.85 bits per heavy atom. The highest BCUT2D eigenvalue weighted by Gasteiger charge is 2.21. The van der Waals surface area contributed by atoms with Gasteiger partial charge in [0.25, 0.3) is 0 Å². The zero-order valence-corrected chi connectivity index (χ0v) is 12.9. The van der Waals surface area contributed by atoms with Crippen LogP contribution in [0.1, 0.15) is 23.2 Å². The van der Waals surface area contributed by atoms with Crippen molar-refractivity contribution in [3.63, 3.8) is 0 Å². The van der Waals surface area contributed by atoms with E-state index in [-0.39, 0.29) is 23.1 Å². The third-order valence-electron chi connectivity index (χ3n) is 3.00. The van der Waals surface area contributed by atoms with Gasteiger partial charge in [0, 0.05) is 17.6 Å². The van der Waals surface area contributed by atoms with Crippen molar-refractivity contribution in [3.05, 3.63) is 28.2 Å². The molecule has 110 valence electrons. The molecule has 1 saturated heterocycles. The minimum absolute atomic E-state index is 0.0731. The van der Waals surface area contributed by atoms with Crippen LogP contribution in [0.25, 0.3) is 0 Å². The number of hydrogen-bond acceptors (Lipinski definition) is 4. The van der Waals surface area contributed by atoms with E-state index in [0.717, 1.165) is 18.9 Å². The molecule has 0 aliphatic carbocycles. The average molecular weight is 364 g/mol. The van der Waals surface area contributed by atoms with Crippen molar-refractivity contribution in [2.45, 2.75) is 23.8 Å². The average Bonchev–Trinajstić information content (AvgIpc) is 2.89. The van der Waals surface area contributed by atoms with Crippen LogP contribution in [-0.4, -0.2) is 38.7 Å². The van der Waals surface area contributed by atoms with Crippen molar-refractivity contribution < 1.29 is 23.1 Å². The van der Waals surface area contributed by atoms with Crippen molar-refractivity contribution in [1.29, 1.82) is 0 Å². The number of carboxylic acid groups (broad SMARTS) is 1. The van der Waals surface area contributed by atoms with Gasteiger partial charge in [-0.2, -0.15) is 0 Å². The van der Waals surface area contributed by atoms with Gasteiger partial charge in [0.15, 0.2) is 0 Å². The standard InChI is InChI=1S/C12H14BrNO5S/c13-11-4-3-9(6-10(11)12(15)16)20(17,18)14-7-8-2-1-5-19-8/h3-4,6,8,14H,1-2,5,7H2,(H,15,16). The first kappa shape index (κ1) is 15.4. The molecule has 0 amide bonds. The summed E-state index contributed by atoms with van der Waals surface area (Å²) in [6.07, 6.45) is 1.64. The first-order valence-corrected chi connectivity index (χ1v) is 8.32. The Kier molecular flexibility index (Phi) is 4.79. The van der Waals surface area contributed by atoms with Crippen LogP contribution in [0, 0.1) is 0 Å². The van der Waals surface area contributed by atoms with Gasteiger partial charge in [-0.15, -0.1) is 0 Å². The maximum atomic E-state index is 12.1. The van der Waals surface area contributed by atoms with Crippen LogP contribution in [0.5, 0.6) is 0 Å². The predicted octanol–water partition coefficient (Wildman–Crippen LogP) is 1.60. The molecule has 1 heterocycles. The minimum atomic E-state index is -3.73. The lowest BCUT2D eigenvalue weighted by atomic mass is 10.2. The van der Waals surface area contributed by atoms with E-state index >= 15 is 0 Å². The molecule has 20 heavy (non-hydrogen) atoms. The molecule has 1 aliphatic heterocycles. The molecule has 0 radical (unpaired) electrons. The van der Waals surface area contributed by atoms with Crippen molar-refractivity contribution >= 4 is 31.9 Å². The Balaban J connectivity index is 2.16. The van der Waals surface area contributed by atoms with Crippen LogP contribution >= 0.6 is 15.9 Å². The Labute approximate surface area is 125 Å². The second kappa shape index (κ2) is 6.21. The van der Waals surface area contributed by atoms with Gasteiger partial charge >= 0.3 is 5.97 Å². The number of rotatable bonds is 5. The van der Waals surface area contributed by atoms with Crippen molar-refractivity contribution in [2.75, 3.05) is 13.2 Å². The van der Waals surface area contributed by atoms with Crippen LogP contribution in [-0.2, 0) is 14.8 Å². The number of halogens is 1. The molecule has 1 aromatic carbocycles. The lowest BCUT2D eigenvalue weighted by Crippen LogP contribution is -2.31. The van der Waals surface area contributed by atoms with Gasteiger partial charge in [0.1, 0.15) is 0 Å². The fraction of sp³-hybridized carbons (Fsp3) is 0.417. The predicted molar refractivity (Wildman–Crippen MR) is 75.3 cm³/mol. The molecule has 1 aliphatic rings. The van der Waals surface area contributed by atoms with E-state index in [2.05, 4.69) is 20.7 Å². The topological polar surface area (TPSA) is 92.7 Å². The Bertz CT molecular complexity index is 610. The molecule has 1 atom stereocenters. The van der Waals surface area contributed by atoms with Crippen LogP contribution in [0.4, 0.5) is 0 Å². The van der Waals surface area contributed by atoms with E-state index in [1.807, 2.05) is 0 Å². The maximum Gasteiger partial charge on any atom is 0.336 e. The van der Waals surface area contributed by atoms with Gasteiger partial charge in [-0.05, 0) is 47.0 Å². The lowest BCUT2D eigenvalue weighted by Gasteiger charge is -2.12. The first-order chi connectivity index (χ1) is 9.40. The van der Waals surface area contributed by atoms with Crippen LogP contribution in [0.15, 0.2) is 27.6 Å². The Hall–Kier alpha value is -0.960. The Morgan fingerprint density at radius 1 is 1.50 bits per heavy atom. The molecule has 0 saturated carbocycles.